The smallest absolute Gasteiger partial charge is 0.0609 e. The molecule has 82 valence electrons. The van der Waals surface area contributed by atoms with Gasteiger partial charge in [0.05, 0.1) is 13.1 Å². The normalized spacial score (nSPS) is 18.7. The fraction of sp³-hybridized carbons (Fsp3) is 0.714. The summed E-state index contributed by atoms with van der Waals surface area (Å²) in [5.41, 5.74) is 0. The van der Waals surface area contributed by atoms with Gasteiger partial charge in [0.15, 0.2) is 0 Å². The minimum absolute atomic E-state index is 0.891. The van der Waals surface area contributed by atoms with Crippen molar-refractivity contribution in [1.29, 1.82) is 0 Å². The Bertz CT molecular complexity index is 245. The van der Waals surface area contributed by atoms with E-state index in [4.69, 9.17) is 0 Å². The van der Waals surface area contributed by atoms with E-state index in [1.165, 1.54) is 25.7 Å². The van der Waals surface area contributed by atoms with Crippen LogP contribution in [0.15, 0.2) is 0 Å². The quantitative estimate of drug-likeness (QED) is 0.624. The molecule has 0 atom stereocenters. The lowest BCUT2D eigenvalue weighted by atomic mass is 10.1. The van der Waals surface area contributed by atoms with E-state index in [2.05, 4.69) is 35.5 Å². The van der Waals surface area contributed by atoms with E-state index in [0.717, 1.165) is 32.5 Å². The number of nitrogens with zero attached hydrogens (tertiary/aromatic N) is 1. The molecule has 1 heterocycles. The summed E-state index contributed by atoms with van der Waals surface area (Å²) in [6.45, 7) is 5.10. The molecule has 0 unspecified atom stereocenters. The molecule has 0 aromatic carbocycles. The van der Waals surface area contributed by atoms with Crippen LogP contribution in [0.5, 0.6) is 0 Å². The van der Waals surface area contributed by atoms with Crippen LogP contribution in [0.1, 0.15) is 45.4 Å². The summed E-state index contributed by atoms with van der Waals surface area (Å²) in [5.74, 6) is 13.0. The summed E-state index contributed by atoms with van der Waals surface area (Å²) in [5, 5.41) is 0. The Morgan fingerprint density at radius 2 is 1.47 bits per heavy atom. The standard InChI is InChI=1S/C14H21N/c1-2-12-15-13-10-8-6-4-3-5-7-9-11-14-15/h2-7,12-14H2,1H3. The molecule has 0 fully saturated rings. The van der Waals surface area contributed by atoms with Gasteiger partial charge in [-0.05, 0) is 25.8 Å². The van der Waals surface area contributed by atoms with E-state index in [1.807, 2.05) is 0 Å². The fourth-order valence-corrected chi connectivity index (χ4v) is 1.65. The first-order valence-corrected chi connectivity index (χ1v) is 6.07. The average molecular weight is 203 g/mol. The van der Waals surface area contributed by atoms with Gasteiger partial charge in [0.25, 0.3) is 0 Å². The lowest BCUT2D eigenvalue weighted by Crippen LogP contribution is -2.25. The Morgan fingerprint density at radius 3 is 2.00 bits per heavy atom. The highest BCUT2D eigenvalue weighted by molar-refractivity contribution is 5.06. The molecule has 1 aliphatic heterocycles. The molecule has 0 aliphatic carbocycles. The molecule has 1 aliphatic rings. The third kappa shape index (κ3) is 6.21. The van der Waals surface area contributed by atoms with Crippen LogP contribution >= 0.6 is 0 Å². The van der Waals surface area contributed by atoms with Gasteiger partial charge >= 0.3 is 0 Å². The summed E-state index contributed by atoms with van der Waals surface area (Å²) in [4.78, 5) is 2.33. The van der Waals surface area contributed by atoms with Crippen LogP contribution in [0.25, 0.3) is 0 Å². The zero-order chi connectivity index (χ0) is 10.8. The molecule has 0 saturated carbocycles. The summed E-state index contributed by atoms with van der Waals surface area (Å²) in [6.07, 6.45) is 7.07. The number of rotatable bonds is 2. The van der Waals surface area contributed by atoms with Gasteiger partial charge in [0, 0.05) is 12.8 Å². The number of hydrogen-bond donors (Lipinski definition) is 0. The lowest BCUT2D eigenvalue weighted by molar-refractivity contribution is 0.345. The summed E-state index contributed by atoms with van der Waals surface area (Å²) < 4.78 is 0. The van der Waals surface area contributed by atoms with E-state index in [-0.39, 0.29) is 0 Å². The highest BCUT2D eigenvalue weighted by Gasteiger charge is 1.98. The van der Waals surface area contributed by atoms with Crippen LogP contribution in [0.4, 0.5) is 0 Å². The Labute approximate surface area is 94.2 Å². The maximum Gasteiger partial charge on any atom is 0.0609 e. The van der Waals surface area contributed by atoms with Gasteiger partial charge in [-0.3, -0.25) is 4.90 Å². The predicted octanol–water partition coefficient (Wildman–Crippen LogP) is 2.67. The van der Waals surface area contributed by atoms with Gasteiger partial charge in [-0.15, -0.1) is 11.8 Å². The zero-order valence-corrected chi connectivity index (χ0v) is 9.81. The molecule has 0 bridgehead atoms. The van der Waals surface area contributed by atoms with Crippen LogP contribution < -0.4 is 0 Å². The maximum absolute atomic E-state index is 3.25. The van der Waals surface area contributed by atoms with E-state index >= 15 is 0 Å². The van der Waals surface area contributed by atoms with Crippen molar-refractivity contribution in [3.63, 3.8) is 0 Å². The molecule has 0 N–H and O–H groups in total. The molecule has 0 aromatic rings. The Kier molecular flexibility index (Phi) is 6.80. The third-order valence-corrected chi connectivity index (χ3v) is 2.50. The molecule has 0 saturated heterocycles. The molecule has 0 aromatic heterocycles. The monoisotopic (exact) mass is 203 g/mol. The largest absolute Gasteiger partial charge is 0.281 e. The van der Waals surface area contributed by atoms with Gasteiger partial charge in [-0.25, -0.2) is 0 Å². The molecule has 1 rings (SSSR count). The Balaban J connectivity index is 2.44. The maximum atomic E-state index is 3.25. The molecule has 0 spiro atoms. The molecule has 15 heavy (non-hydrogen) atoms. The molecule has 1 nitrogen and oxygen atoms in total. The first-order chi connectivity index (χ1) is 7.43. The van der Waals surface area contributed by atoms with Gasteiger partial charge in [-0.2, -0.15) is 0 Å². The molecular weight excluding hydrogens is 182 g/mol. The van der Waals surface area contributed by atoms with Gasteiger partial charge < -0.3 is 0 Å². The summed E-state index contributed by atoms with van der Waals surface area (Å²) >= 11 is 0. The van der Waals surface area contributed by atoms with Crippen molar-refractivity contribution >= 4 is 0 Å². The second kappa shape index (κ2) is 8.39. The van der Waals surface area contributed by atoms with Crippen LogP contribution in [-0.2, 0) is 0 Å². The van der Waals surface area contributed by atoms with Crippen LogP contribution in [0, 0.1) is 23.7 Å². The van der Waals surface area contributed by atoms with E-state index in [9.17, 15) is 0 Å². The first-order valence-electron chi connectivity index (χ1n) is 6.07. The molecular formula is C14H21N. The highest BCUT2D eigenvalue weighted by Crippen LogP contribution is 2.02. The highest BCUT2D eigenvalue weighted by atomic mass is 15.1. The van der Waals surface area contributed by atoms with Crippen LogP contribution in [0.2, 0.25) is 0 Å². The minimum Gasteiger partial charge on any atom is -0.281 e. The van der Waals surface area contributed by atoms with Crippen molar-refractivity contribution in [3.05, 3.63) is 0 Å². The Morgan fingerprint density at radius 1 is 0.867 bits per heavy atom. The molecule has 1 heteroatoms. The van der Waals surface area contributed by atoms with Crippen molar-refractivity contribution < 1.29 is 0 Å². The lowest BCUT2D eigenvalue weighted by Gasteiger charge is -2.15. The fourth-order valence-electron chi connectivity index (χ4n) is 1.65. The topological polar surface area (TPSA) is 3.24 Å². The second-order valence-corrected chi connectivity index (χ2v) is 3.98. The van der Waals surface area contributed by atoms with Crippen LogP contribution in [-0.4, -0.2) is 24.5 Å². The van der Waals surface area contributed by atoms with Gasteiger partial charge in [-0.1, -0.05) is 25.2 Å². The van der Waals surface area contributed by atoms with Gasteiger partial charge in [0.1, 0.15) is 0 Å². The summed E-state index contributed by atoms with van der Waals surface area (Å²) in [7, 11) is 0. The van der Waals surface area contributed by atoms with Crippen molar-refractivity contribution in [3.8, 4) is 23.7 Å². The Hall–Kier alpha value is -0.920. The zero-order valence-electron chi connectivity index (χ0n) is 9.81. The van der Waals surface area contributed by atoms with E-state index in [1.54, 1.807) is 0 Å². The van der Waals surface area contributed by atoms with Crippen molar-refractivity contribution in [2.24, 2.45) is 0 Å². The third-order valence-electron chi connectivity index (χ3n) is 2.50. The molecule has 0 radical (unpaired) electrons. The van der Waals surface area contributed by atoms with E-state index in [0.29, 0.717) is 0 Å². The second-order valence-electron chi connectivity index (χ2n) is 3.98. The molecule has 0 amide bonds. The predicted molar refractivity (Wildman–Crippen MR) is 65.4 cm³/mol. The minimum atomic E-state index is 0.891. The SMILES string of the molecule is CCCN1CC#CCCCCCC#CC1. The van der Waals surface area contributed by atoms with Crippen molar-refractivity contribution in [2.75, 3.05) is 19.6 Å². The van der Waals surface area contributed by atoms with Crippen LogP contribution in [0.3, 0.4) is 0 Å². The summed E-state index contributed by atoms with van der Waals surface area (Å²) in [6, 6.07) is 0. The van der Waals surface area contributed by atoms with Gasteiger partial charge in [0.2, 0.25) is 0 Å². The first kappa shape index (κ1) is 12.2. The van der Waals surface area contributed by atoms with E-state index < -0.39 is 0 Å². The average Bonchev–Trinajstić information content (AvgIpc) is 2.22. The number of hydrogen-bond acceptors (Lipinski definition) is 1. The van der Waals surface area contributed by atoms with Crippen molar-refractivity contribution in [2.45, 2.75) is 45.4 Å². The van der Waals surface area contributed by atoms with Crippen molar-refractivity contribution in [1.82, 2.24) is 4.90 Å².